The molecule has 1 aliphatic heterocycles. The van der Waals surface area contributed by atoms with Crippen molar-refractivity contribution < 1.29 is 9.90 Å². The molecule has 1 aliphatic rings. The maximum Gasteiger partial charge on any atom is 0.332 e. The van der Waals surface area contributed by atoms with Crippen LogP contribution in [0.25, 0.3) is 6.08 Å². The number of hydrogen-bond donors (Lipinski definition) is 2. The van der Waals surface area contributed by atoms with Crippen LogP contribution in [0.4, 0.5) is 5.69 Å². The van der Waals surface area contributed by atoms with Crippen molar-refractivity contribution in [3.8, 4) is 6.07 Å². The van der Waals surface area contributed by atoms with Crippen molar-refractivity contribution in [2.24, 2.45) is 10.7 Å². The lowest BCUT2D eigenvalue weighted by Crippen LogP contribution is -2.14. The van der Waals surface area contributed by atoms with E-state index in [2.05, 4.69) is 4.99 Å². The van der Waals surface area contributed by atoms with Crippen LogP contribution >= 0.6 is 0 Å². The van der Waals surface area contributed by atoms with Gasteiger partial charge in [0.1, 0.15) is 5.84 Å². The van der Waals surface area contributed by atoms with Crippen LogP contribution < -0.4 is 5.73 Å². The number of carboxylic acids is 1. The number of nitrogens with two attached hydrogens (primary N) is 1. The van der Waals surface area contributed by atoms with Gasteiger partial charge >= 0.3 is 5.97 Å². The van der Waals surface area contributed by atoms with Gasteiger partial charge in [0.2, 0.25) is 0 Å². The van der Waals surface area contributed by atoms with Crippen molar-refractivity contribution in [2.45, 2.75) is 6.42 Å². The zero-order chi connectivity index (χ0) is 12.4. The molecule has 2 rings (SSSR count). The fourth-order valence-corrected chi connectivity index (χ4v) is 1.61. The zero-order valence-electron chi connectivity index (χ0n) is 8.84. The number of benzene rings is 1. The van der Waals surface area contributed by atoms with E-state index in [0.717, 1.165) is 0 Å². The summed E-state index contributed by atoms with van der Waals surface area (Å²) in [5.41, 5.74) is 7.43. The third kappa shape index (κ3) is 2.16. The number of rotatable bonds is 1. The number of fused-ring (bicyclic) bond motifs is 1. The predicted octanol–water partition coefficient (Wildman–Crippen LogP) is 1.42. The summed E-state index contributed by atoms with van der Waals surface area (Å²) >= 11 is 0. The molecule has 0 saturated heterocycles. The normalized spacial score (nSPS) is 13.8. The first-order valence-corrected chi connectivity index (χ1v) is 4.91. The van der Waals surface area contributed by atoms with Crippen molar-refractivity contribution in [1.82, 2.24) is 0 Å². The molecule has 0 saturated carbocycles. The first-order chi connectivity index (χ1) is 8.10. The highest BCUT2D eigenvalue weighted by molar-refractivity contribution is 6.02. The lowest BCUT2D eigenvalue weighted by Gasteiger charge is -1.99. The zero-order valence-corrected chi connectivity index (χ0v) is 8.84. The molecule has 0 unspecified atom stereocenters. The van der Waals surface area contributed by atoms with Crippen molar-refractivity contribution in [2.75, 3.05) is 0 Å². The fraction of sp³-hybridized carbons (Fsp3) is 0.0833. The van der Waals surface area contributed by atoms with Crippen LogP contribution in [0.5, 0.6) is 0 Å². The van der Waals surface area contributed by atoms with Crippen LogP contribution in [0.15, 0.2) is 28.8 Å². The number of hydrogen-bond acceptors (Lipinski definition) is 4. The highest BCUT2D eigenvalue weighted by Gasteiger charge is 2.15. The van der Waals surface area contributed by atoms with Gasteiger partial charge in [0.05, 0.1) is 17.3 Å². The van der Waals surface area contributed by atoms with Crippen molar-refractivity contribution in [3.05, 3.63) is 34.9 Å². The molecule has 0 bridgehead atoms. The molecule has 0 atom stereocenters. The Morgan fingerprint density at radius 1 is 1.53 bits per heavy atom. The SMILES string of the molecule is N#Cc1ccc2c(c1)C=C(C(=O)O)CC(N)=N2. The van der Waals surface area contributed by atoms with Crippen molar-refractivity contribution >= 4 is 23.6 Å². The van der Waals surface area contributed by atoms with E-state index < -0.39 is 5.97 Å². The maximum atomic E-state index is 11.0. The molecule has 3 N–H and O–H groups in total. The summed E-state index contributed by atoms with van der Waals surface area (Å²) in [4.78, 5) is 15.1. The van der Waals surface area contributed by atoms with Gasteiger partial charge in [0.15, 0.2) is 0 Å². The third-order valence-electron chi connectivity index (χ3n) is 2.40. The fourth-order valence-electron chi connectivity index (χ4n) is 1.61. The van der Waals surface area contributed by atoms with Gasteiger partial charge in [0, 0.05) is 17.6 Å². The van der Waals surface area contributed by atoms with E-state index in [0.29, 0.717) is 16.8 Å². The first kappa shape index (κ1) is 10.9. The Balaban J connectivity index is 2.62. The molecule has 0 fully saturated rings. The minimum atomic E-state index is -1.03. The van der Waals surface area contributed by atoms with Gasteiger partial charge in [-0.1, -0.05) is 0 Å². The Labute approximate surface area is 97.5 Å². The van der Waals surface area contributed by atoms with E-state index >= 15 is 0 Å². The molecule has 5 nitrogen and oxygen atoms in total. The van der Waals surface area contributed by atoms with Crippen LogP contribution in [0.1, 0.15) is 17.5 Å². The topological polar surface area (TPSA) is 99.5 Å². The van der Waals surface area contributed by atoms with E-state index in [1.807, 2.05) is 6.07 Å². The third-order valence-corrected chi connectivity index (χ3v) is 2.40. The van der Waals surface area contributed by atoms with Gasteiger partial charge in [-0.15, -0.1) is 0 Å². The molecule has 5 heteroatoms. The highest BCUT2D eigenvalue weighted by atomic mass is 16.4. The quantitative estimate of drug-likeness (QED) is 0.757. The second kappa shape index (κ2) is 4.10. The lowest BCUT2D eigenvalue weighted by molar-refractivity contribution is -0.132. The number of amidine groups is 1. The molecular formula is C12H9N3O2. The summed E-state index contributed by atoms with van der Waals surface area (Å²) in [6.45, 7) is 0. The van der Waals surface area contributed by atoms with Gasteiger partial charge in [-0.05, 0) is 24.3 Å². The van der Waals surface area contributed by atoms with Gasteiger partial charge in [-0.3, -0.25) is 0 Å². The molecule has 0 spiro atoms. The Hall–Kier alpha value is -2.61. The van der Waals surface area contributed by atoms with Crippen LogP contribution in [0, 0.1) is 11.3 Å². The summed E-state index contributed by atoms with van der Waals surface area (Å²) in [7, 11) is 0. The second-order valence-electron chi connectivity index (χ2n) is 3.64. The van der Waals surface area contributed by atoms with Gasteiger partial charge < -0.3 is 10.8 Å². The molecule has 0 radical (unpaired) electrons. The van der Waals surface area contributed by atoms with Crippen molar-refractivity contribution in [1.29, 1.82) is 5.26 Å². The minimum absolute atomic E-state index is 0.103. The van der Waals surface area contributed by atoms with E-state index in [1.165, 1.54) is 6.08 Å². The molecule has 0 amide bonds. The molecular weight excluding hydrogens is 218 g/mol. The Kier molecular flexibility index (Phi) is 2.63. The summed E-state index contributed by atoms with van der Waals surface area (Å²) in [6.07, 6.45) is 1.60. The first-order valence-electron chi connectivity index (χ1n) is 4.91. The van der Waals surface area contributed by atoms with Crippen LogP contribution in [0.3, 0.4) is 0 Å². The van der Waals surface area contributed by atoms with E-state index in [9.17, 15) is 4.79 Å². The molecule has 1 aromatic rings. The number of aliphatic imine (C=N–C) groups is 1. The summed E-state index contributed by atoms with van der Waals surface area (Å²) in [5, 5.41) is 17.8. The molecule has 84 valence electrons. The van der Waals surface area contributed by atoms with E-state index in [4.69, 9.17) is 16.1 Å². The molecule has 0 aromatic heterocycles. The largest absolute Gasteiger partial charge is 0.478 e. The van der Waals surface area contributed by atoms with Crippen LogP contribution in [-0.4, -0.2) is 16.9 Å². The highest BCUT2D eigenvalue weighted by Crippen LogP contribution is 2.27. The molecule has 17 heavy (non-hydrogen) atoms. The average molecular weight is 227 g/mol. The van der Waals surface area contributed by atoms with Gasteiger partial charge in [-0.2, -0.15) is 5.26 Å². The average Bonchev–Trinajstić information content (AvgIpc) is 2.46. The lowest BCUT2D eigenvalue weighted by atomic mass is 10.1. The Bertz CT molecular complexity index is 594. The van der Waals surface area contributed by atoms with E-state index in [-0.39, 0.29) is 17.8 Å². The van der Waals surface area contributed by atoms with E-state index in [1.54, 1.807) is 18.2 Å². The monoisotopic (exact) mass is 227 g/mol. The molecule has 1 heterocycles. The van der Waals surface area contributed by atoms with Gasteiger partial charge in [-0.25, -0.2) is 9.79 Å². The number of carbonyl (C=O) groups is 1. The van der Waals surface area contributed by atoms with Crippen molar-refractivity contribution in [3.63, 3.8) is 0 Å². The standard InChI is InChI=1S/C12H9N3O2/c13-6-7-1-2-10-8(3-7)4-9(12(16)17)5-11(14)15-10/h1-4H,5H2,(H2,14,15)(H,16,17). The predicted molar refractivity (Wildman–Crippen MR) is 62.7 cm³/mol. The summed E-state index contributed by atoms with van der Waals surface area (Å²) in [6, 6.07) is 6.87. The smallest absolute Gasteiger partial charge is 0.332 e. The number of nitriles is 1. The maximum absolute atomic E-state index is 11.0. The Morgan fingerprint density at radius 2 is 2.29 bits per heavy atom. The van der Waals surface area contributed by atoms with Crippen LogP contribution in [0.2, 0.25) is 0 Å². The minimum Gasteiger partial charge on any atom is -0.478 e. The number of nitrogens with zero attached hydrogens (tertiary/aromatic N) is 2. The number of carboxylic acid groups (broad SMARTS) is 1. The summed E-state index contributed by atoms with van der Waals surface area (Å²) in [5.74, 6) is -0.777. The Morgan fingerprint density at radius 3 is 2.94 bits per heavy atom. The summed E-state index contributed by atoms with van der Waals surface area (Å²) < 4.78 is 0. The van der Waals surface area contributed by atoms with Gasteiger partial charge in [0.25, 0.3) is 0 Å². The molecule has 1 aromatic carbocycles. The molecule has 0 aliphatic carbocycles. The number of aliphatic carboxylic acids is 1. The van der Waals surface area contributed by atoms with Crippen LogP contribution in [-0.2, 0) is 4.79 Å². The second-order valence-corrected chi connectivity index (χ2v) is 3.64.